The van der Waals surface area contributed by atoms with Gasteiger partial charge >= 0.3 is 0 Å². The van der Waals surface area contributed by atoms with Gasteiger partial charge in [0, 0.05) is 0 Å². The van der Waals surface area contributed by atoms with Crippen LogP contribution in [0.4, 0.5) is 0 Å². The molecule has 2 N–H and O–H groups in total. The molecule has 0 unspecified atom stereocenters. The van der Waals surface area contributed by atoms with E-state index in [1.54, 1.807) is 0 Å². The predicted molar refractivity (Wildman–Crippen MR) is 81.8 cm³/mol. The largest absolute Gasteiger partial charge is 0.330 e. The minimum absolute atomic E-state index is 0.559. The zero-order valence-electron chi connectivity index (χ0n) is 12.5. The van der Waals surface area contributed by atoms with Gasteiger partial charge < -0.3 is 5.73 Å². The molecule has 0 aliphatic heterocycles. The molecule has 1 nitrogen and oxygen atoms in total. The van der Waals surface area contributed by atoms with Crippen LogP contribution in [0.15, 0.2) is 18.2 Å². The summed E-state index contributed by atoms with van der Waals surface area (Å²) in [6.45, 7) is 11.9. The monoisotopic (exact) mass is 245 g/mol. The molecule has 100 valence electrons. The lowest BCUT2D eigenvalue weighted by molar-refractivity contribution is 0.823. The van der Waals surface area contributed by atoms with Crippen molar-refractivity contribution in [1.29, 1.82) is 0 Å². The molecule has 0 atom stereocenters. The summed E-state index contributed by atoms with van der Waals surface area (Å²) in [6.07, 6.45) is 4.52. The SMILES string of the molecule is Cc1cc(C)c(/C(=C/CCCN)C(C)C)cc1C. The Morgan fingerprint density at radius 2 is 1.72 bits per heavy atom. The highest BCUT2D eigenvalue weighted by atomic mass is 14.5. The number of nitrogens with two attached hydrogens (primary N) is 1. The Labute approximate surface area is 112 Å². The van der Waals surface area contributed by atoms with E-state index in [2.05, 4.69) is 52.8 Å². The minimum Gasteiger partial charge on any atom is -0.330 e. The summed E-state index contributed by atoms with van der Waals surface area (Å²) in [6, 6.07) is 4.63. The topological polar surface area (TPSA) is 26.0 Å². The van der Waals surface area contributed by atoms with Gasteiger partial charge in [-0.2, -0.15) is 0 Å². The Balaban J connectivity index is 3.14. The molecule has 0 aromatic heterocycles. The molecular formula is C17H27N. The van der Waals surface area contributed by atoms with Crippen LogP contribution in [0.5, 0.6) is 0 Å². The van der Waals surface area contributed by atoms with Gasteiger partial charge in [-0.1, -0.05) is 32.1 Å². The van der Waals surface area contributed by atoms with Crippen LogP contribution in [0.1, 0.15) is 48.9 Å². The maximum absolute atomic E-state index is 5.57. The molecule has 0 saturated carbocycles. The molecule has 1 aromatic carbocycles. The molecule has 0 heterocycles. The molecule has 0 aliphatic rings. The summed E-state index contributed by atoms with van der Waals surface area (Å²) in [5.74, 6) is 0.559. The van der Waals surface area contributed by atoms with E-state index in [-0.39, 0.29) is 0 Å². The van der Waals surface area contributed by atoms with Gasteiger partial charge in [0.25, 0.3) is 0 Å². The number of aryl methyl sites for hydroxylation is 3. The lowest BCUT2D eigenvalue weighted by Crippen LogP contribution is -2.00. The highest BCUT2D eigenvalue weighted by molar-refractivity contribution is 5.70. The van der Waals surface area contributed by atoms with E-state index < -0.39 is 0 Å². The Bertz CT molecular complexity index is 427. The van der Waals surface area contributed by atoms with Crippen molar-refractivity contribution in [3.05, 3.63) is 40.5 Å². The molecule has 0 amide bonds. The van der Waals surface area contributed by atoms with E-state index in [1.165, 1.54) is 27.8 Å². The third kappa shape index (κ3) is 3.71. The third-order valence-corrected chi connectivity index (χ3v) is 3.55. The van der Waals surface area contributed by atoms with Gasteiger partial charge in [0.2, 0.25) is 0 Å². The Morgan fingerprint density at radius 3 is 2.28 bits per heavy atom. The van der Waals surface area contributed by atoms with E-state index in [9.17, 15) is 0 Å². The summed E-state index contributed by atoms with van der Waals surface area (Å²) in [4.78, 5) is 0. The summed E-state index contributed by atoms with van der Waals surface area (Å²) in [7, 11) is 0. The maximum Gasteiger partial charge on any atom is -0.00743 e. The quantitative estimate of drug-likeness (QED) is 0.765. The van der Waals surface area contributed by atoms with E-state index in [0.717, 1.165) is 19.4 Å². The molecule has 1 aromatic rings. The first kappa shape index (κ1) is 15.0. The van der Waals surface area contributed by atoms with E-state index in [0.29, 0.717) is 5.92 Å². The second kappa shape index (κ2) is 6.75. The van der Waals surface area contributed by atoms with E-state index in [1.807, 2.05) is 0 Å². The van der Waals surface area contributed by atoms with Crippen molar-refractivity contribution in [2.24, 2.45) is 11.7 Å². The van der Waals surface area contributed by atoms with Gasteiger partial charge in [-0.25, -0.2) is 0 Å². The molecule has 1 heteroatoms. The average molecular weight is 245 g/mol. The standard InChI is InChI=1S/C17H27N/c1-12(2)16(8-6-7-9-18)17-11-14(4)13(3)10-15(17)5/h8,10-12H,6-7,9,18H2,1-5H3/b16-8+. The number of hydrogen-bond donors (Lipinski definition) is 1. The maximum atomic E-state index is 5.57. The van der Waals surface area contributed by atoms with Crippen LogP contribution < -0.4 is 5.73 Å². The fourth-order valence-electron chi connectivity index (χ4n) is 2.30. The normalized spacial score (nSPS) is 12.3. The predicted octanol–water partition coefficient (Wildman–Crippen LogP) is 4.39. The summed E-state index contributed by atoms with van der Waals surface area (Å²) < 4.78 is 0. The second-order valence-corrected chi connectivity index (χ2v) is 5.50. The summed E-state index contributed by atoms with van der Waals surface area (Å²) in [5, 5.41) is 0. The van der Waals surface area contributed by atoms with Crippen molar-refractivity contribution in [1.82, 2.24) is 0 Å². The number of benzene rings is 1. The van der Waals surface area contributed by atoms with Crippen LogP contribution in [0, 0.1) is 26.7 Å². The first-order valence-corrected chi connectivity index (χ1v) is 6.95. The van der Waals surface area contributed by atoms with Crippen molar-refractivity contribution in [3.63, 3.8) is 0 Å². The van der Waals surface area contributed by atoms with Crippen LogP contribution in [-0.2, 0) is 0 Å². The first-order valence-electron chi connectivity index (χ1n) is 6.95. The molecule has 0 bridgehead atoms. The van der Waals surface area contributed by atoms with Crippen LogP contribution in [0.25, 0.3) is 5.57 Å². The van der Waals surface area contributed by atoms with Gasteiger partial charge in [-0.15, -0.1) is 0 Å². The summed E-state index contributed by atoms with van der Waals surface area (Å²) >= 11 is 0. The molecular weight excluding hydrogens is 218 g/mol. The lowest BCUT2D eigenvalue weighted by atomic mass is 9.88. The molecule has 0 saturated heterocycles. The van der Waals surface area contributed by atoms with Crippen molar-refractivity contribution >= 4 is 5.57 Å². The molecule has 0 radical (unpaired) electrons. The van der Waals surface area contributed by atoms with Gasteiger partial charge in [-0.05, 0) is 73.9 Å². The molecule has 1 rings (SSSR count). The van der Waals surface area contributed by atoms with Gasteiger partial charge in [0.1, 0.15) is 0 Å². The first-order chi connectivity index (χ1) is 8.47. The highest BCUT2D eigenvalue weighted by Crippen LogP contribution is 2.28. The minimum atomic E-state index is 0.559. The lowest BCUT2D eigenvalue weighted by Gasteiger charge is -2.17. The molecule has 18 heavy (non-hydrogen) atoms. The fraction of sp³-hybridized carbons (Fsp3) is 0.529. The highest BCUT2D eigenvalue weighted by Gasteiger charge is 2.10. The van der Waals surface area contributed by atoms with Crippen LogP contribution in [-0.4, -0.2) is 6.54 Å². The number of hydrogen-bond acceptors (Lipinski definition) is 1. The number of allylic oxidation sites excluding steroid dienone is 2. The zero-order chi connectivity index (χ0) is 13.7. The van der Waals surface area contributed by atoms with Gasteiger partial charge in [-0.3, -0.25) is 0 Å². The van der Waals surface area contributed by atoms with Gasteiger partial charge in [0.05, 0.1) is 0 Å². The number of rotatable bonds is 5. The molecule has 0 aliphatic carbocycles. The second-order valence-electron chi connectivity index (χ2n) is 5.50. The fourth-order valence-corrected chi connectivity index (χ4v) is 2.30. The van der Waals surface area contributed by atoms with Crippen molar-refractivity contribution in [2.75, 3.05) is 6.54 Å². The van der Waals surface area contributed by atoms with Crippen molar-refractivity contribution in [3.8, 4) is 0 Å². The number of unbranched alkanes of at least 4 members (excludes halogenated alkanes) is 1. The van der Waals surface area contributed by atoms with E-state index in [4.69, 9.17) is 5.73 Å². The van der Waals surface area contributed by atoms with Gasteiger partial charge in [0.15, 0.2) is 0 Å². The van der Waals surface area contributed by atoms with Crippen LogP contribution in [0.2, 0.25) is 0 Å². The Morgan fingerprint density at radius 1 is 1.11 bits per heavy atom. The van der Waals surface area contributed by atoms with Crippen LogP contribution >= 0.6 is 0 Å². The summed E-state index contributed by atoms with van der Waals surface area (Å²) in [5.41, 5.74) is 12.6. The molecule has 0 fully saturated rings. The van der Waals surface area contributed by atoms with Crippen molar-refractivity contribution in [2.45, 2.75) is 47.5 Å². The smallest absolute Gasteiger partial charge is 0.00743 e. The Hall–Kier alpha value is -1.08. The zero-order valence-corrected chi connectivity index (χ0v) is 12.5. The molecule has 0 spiro atoms. The average Bonchev–Trinajstić information content (AvgIpc) is 2.30. The van der Waals surface area contributed by atoms with Crippen LogP contribution in [0.3, 0.4) is 0 Å². The van der Waals surface area contributed by atoms with E-state index >= 15 is 0 Å². The Kier molecular flexibility index (Phi) is 5.61. The third-order valence-electron chi connectivity index (χ3n) is 3.55. The van der Waals surface area contributed by atoms with Crippen molar-refractivity contribution < 1.29 is 0 Å².